The second-order valence-corrected chi connectivity index (χ2v) is 7.19. The van der Waals surface area contributed by atoms with Gasteiger partial charge in [0.1, 0.15) is 5.82 Å². The minimum Gasteiger partial charge on any atom is -0.384 e. The number of anilines is 1. The summed E-state index contributed by atoms with van der Waals surface area (Å²) in [5, 5.41) is 0. The molecule has 0 radical (unpaired) electrons. The monoisotopic (exact) mass is 340 g/mol. The lowest BCUT2D eigenvalue weighted by Crippen LogP contribution is -2.47. The second-order valence-electron chi connectivity index (χ2n) is 7.19. The van der Waals surface area contributed by atoms with Gasteiger partial charge in [-0.1, -0.05) is 0 Å². The summed E-state index contributed by atoms with van der Waals surface area (Å²) in [6.07, 6.45) is 5.60. The number of H-pyrrole nitrogens is 1. The molecule has 2 aromatic heterocycles. The molecule has 0 saturated carbocycles. The molecule has 3 fully saturated rings. The number of fused-ring (bicyclic) bond motifs is 4. The summed E-state index contributed by atoms with van der Waals surface area (Å²) in [6, 6.07) is 3.67. The summed E-state index contributed by atoms with van der Waals surface area (Å²) in [4.78, 5) is 29.0. The van der Waals surface area contributed by atoms with Crippen LogP contribution in [0.3, 0.4) is 0 Å². The zero-order valence-corrected chi connectivity index (χ0v) is 14.5. The minimum atomic E-state index is 0.0709. The molecule has 7 heteroatoms. The molecule has 7 nitrogen and oxygen atoms in total. The fourth-order valence-corrected chi connectivity index (χ4v) is 4.06. The van der Waals surface area contributed by atoms with Crippen LogP contribution in [0.1, 0.15) is 34.6 Å². The average molecular weight is 340 g/mol. The molecule has 0 spiro atoms. The Morgan fingerprint density at radius 1 is 1.32 bits per heavy atom. The van der Waals surface area contributed by atoms with E-state index in [4.69, 9.17) is 5.73 Å². The highest BCUT2D eigenvalue weighted by atomic mass is 16.2. The number of aromatic amines is 1. The number of hydrogen-bond donors (Lipinski definition) is 2. The van der Waals surface area contributed by atoms with Crippen molar-refractivity contribution in [3.05, 3.63) is 41.6 Å². The Kier molecular flexibility index (Phi) is 4.17. The number of aryl methyl sites for hydroxylation is 1. The number of pyridine rings is 1. The number of aromatic nitrogens is 3. The SMILES string of the molecule is Cc1[nH]cnc1CN1C[C@H]2CC[C@@H](C1)N(C(=O)c1ccnc(N)c1)C2. The van der Waals surface area contributed by atoms with Crippen LogP contribution in [-0.4, -0.2) is 56.3 Å². The third-order valence-electron chi connectivity index (χ3n) is 5.39. The van der Waals surface area contributed by atoms with Crippen LogP contribution in [0.5, 0.6) is 0 Å². The van der Waals surface area contributed by atoms with Gasteiger partial charge in [0.05, 0.1) is 12.0 Å². The smallest absolute Gasteiger partial charge is 0.254 e. The number of nitrogens with zero attached hydrogens (tertiary/aromatic N) is 4. The van der Waals surface area contributed by atoms with Crippen molar-refractivity contribution >= 4 is 11.7 Å². The normalized spacial score (nSPS) is 23.6. The topological polar surface area (TPSA) is 91.1 Å². The van der Waals surface area contributed by atoms with Crippen LogP contribution in [0.2, 0.25) is 0 Å². The van der Waals surface area contributed by atoms with Gasteiger partial charge in [-0.3, -0.25) is 9.69 Å². The Labute approximate surface area is 147 Å². The van der Waals surface area contributed by atoms with E-state index in [-0.39, 0.29) is 11.9 Å². The molecule has 3 aliphatic heterocycles. The van der Waals surface area contributed by atoms with E-state index in [0.29, 0.717) is 17.3 Å². The number of hydrogen-bond acceptors (Lipinski definition) is 5. The van der Waals surface area contributed by atoms with Crippen molar-refractivity contribution in [3.8, 4) is 0 Å². The maximum absolute atomic E-state index is 13.0. The Balaban J connectivity index is 1.51. The van der Waals surface area contributed by atoms with Gasteiger partial charge in [-0.15, -0.1) is 0 Å². The highest BCUT2D eigenvalue weighted by Crippen LogP contribution is 2.30. The summed E-state index contributed by atoms with van der Waals surface area (Å²) in [5.41, 5.74) is 8.60. The predicted octanol–water partition coefficient (Wildman–Crippen LogP) is 1.43. The third kappa shape index (κ3) is 3.24. The van der Waals surface area contributed by atoms with Crippen molar-refractivity contribution in [3.63, 3.8) is 0 Å². The predicted molar refractivity (Wildman–Crippen MR) is 94.8 cm³/mol. The summed E-state index contributed by atoms with van der Waals surface area (Å²) in [6.45, 7) is 5.63. The fourth-order valence-electron chi connectivity index (χ4n) is 4.06. The number of nitrogen functional groups attached to an aromatic ring is 1. The fraction of sp³-hybridized carbons (Fsp3) is 0.500. The summed E-state index contributed by atoms with van der Waals surface area (Å²) in [5.74, 6) is 0.976. The number of imidazole rings is 1. The van der Waals surface area contributed by atoms with Crippen molar-refractivity contribution in [2.45, 2.75) is 32.4 Å². The average Bonchev–Trinajstić information content (AvgIpc) is 2.82. The van der Waals surface area contributed by atoms with Crippen LogP contribution >= 0.6 is 0 Å². The number of carbonyl (C=O) groups is 1. The molecule has 2 atom stereocenters. The van der Waals surface area contributed by atoms with Crippen LogP contribution in [-0.2, 0) is 6.54 Å². The van der Waals surface area contributed by atoms with E-state index < -0.39 is 0 Å². The van der Waals surface area contributed by atoms with Gasteiger partial charge >= 0.3 is 0 Å². The van der Waals surface area contributed by atoms with Gasteiger partial charge in [0.25, 0.3) is 5.91 Å². The van der Waals surface area contributed by atoms with Gasteiger partial charge in [-0.25, -0.2) is 9.97 Å². The first-order valence-electron chi connectivity index (χ1n) is 8.84. The number of carbonyl (C=O) groups excluding carboxylic acids is 1. The standard InChI is InChI=1S/C18H24N6O/c1-12-16(22-11-21-12)10-23-7-13-2-3-15(9-23)24(8-13)18(25)14-4-5-20-17(19)6-14/h4-6,11,13,15H,2-3,7-10H2,1H3,(H2,19,20)(H,21,22)/t13-,15+/m1/s1. The number of rotatable bonds is 3. The highest BCUT2D eigenvalue weighted by Gasteiger charge is 2.37. The van der Waals surface area contributed by atoms with Crippen molar-refractivity contribution in [1.82, 2.24) is 24.8 Å². The van der Waals surface area contributed by atoms with E-state index >= 15 is 0 Å². The van der Waals surface area contributed by atoms with Crippen molar-refractivity contribution in [2.24, 2.45) is 5.92 Å². The molecule has 3 N–H and O–H groups in total. The van der Waals surface area contributed by atoms with Crippen LogP contribution in [0.25, 0.3) is 0 Å². The molecule has 3 aliphatic rings. The Morgan fingerprint density at radius 3 is 2.96 bits per heavy atom. The van der Waals surface area contributed by atoms with E-state index in [0.717, 1.165) is 44.0 Å². The van der Waals surface area contributed by atoms with Crippen LogP contribution in [0.4, 0.5) is 5.82 Å². The maximum Gasteiger partial charge on any atom is 0.254 e. The maximum atomic E-state index is 13.0. The molecule has 0 aromatic carbocycles. The first kappa shape index (κ1) is 16.1. The van der Waals surface area contributed by atoms with E-state index in [2.05, 4.69) is 26.8 Å². The first-order chi connectivity index (χ1) is 12.1. The van der Waals surface area contributed by atoms with E-state index in [9.17, 15) is 4.79 Å². The second kappa shape index (κ2) is 6.48. The summed E-state index contributed by atoms with van der Waals surface area (Å²) < 4.78 is 0. The summed E-state index contributed by atoms with van der Waals surface area (Å²) >= 11 is 0. The molecule has 5 rings (SSSR count). The van der Waals surface area contributed by atoms with E-state index in [1.165, 1.54) is 6.42 Å². The van der Waals surface area contributed by atoms with Gasteiger partial charge in [-0.05, 0) is 37.8 Å². The van der Waals surface area contributed by atoms with Crippen molar-refractivity contribution < 1.29 is 4.79 Å². The number of piperidine rings is 1. The molecular formula is C18H24N6O. The lowest BCUT2D eigenvalue weighted by molar-refractivity contribution is 0.0584. The van der Waals surface area contributed by atoms with Gasteiger partial charge in [0.15, 0.2) is 0 Å². The molecule has 1 amide bonds. The lowest BCUT2D eigenvalue weighted by atomic mass is 9.94. The van der Waals surface area contributed by atoms with Crippen LogP contribution in [0.15, 0.2) is 24.7 Å². The molecule has 0 unspecified atom stereocenters. The van der Waals surface area contributed by atoms with Gasteiger partial charge in [0, 0.05) is 49.7 Å². The Hall–Kier alpha value is -2.41. The third-order valence-corrected chi connectivity index (χ3v) is 5.39. The molecule has 132 valence electrons. The highest BCUT2D eigenvalue weighted by molar-refractivity contribution is 5.95. The Morgan fingerprint density at radius 2 is 2.20 bits per heavy atom. The zero-order valence-electron chi connectivity index (χ0n) is 14.5. The molecule has 0 aliphatic carbocycles. The van der Waals surface area contributed by atoms with Gasteiger partial charge in [0.2, 0.25) is 0 Å². The zero-order chi connectivity index (χ0) is 17.4. The van der Waals surface area contributed by atoms with E-state index in [1.807, 2.05) is 4.90 Å². The first-order valence-corrected chi connectivity index (χ1v) is 8.84. The van der Waals surface area contributed by atoms with Gasteiger partial charge < -0.3 is 15.6 Å². The number of amides is 1. The quantitative estimate of drug-likeness (QED) is 0.882. The molecule has 2 aromatic rings. The van der Waals surface area contributed by atoms with Crippen molar-refractivity contribution in [1.29, 1.82) is 0 Å². The summed E-state index contributed by atoms with van der Waals surface area (Å²) in [7, 11) is 0. The molecule has 3 saturated heterocycles. The molecule has 25 heavy (non-hydrogen) atoms. The van der Waals surface area contributed by atoms with Crippen LogP contribution in [0, 0.1) is 12.8 Å². The molecule has 2 bridgehead atoms. The van der Waals surface area contributed by atoms with Gasteiger partial charge in [-0.2, -0.15) is 0 Å². The molecule has 5 heterocycles. The number of nitrogens with one attached hydrogen (secondary N) is 1. The van der Waals surface area contributed by atoms with Crippen LogP contribution < -0.4 is 5.73 Å². The number of nitrogens with two attached hydrogens (primary N) is 1. The van der Waals surface area contributed by atoms with E-state index in [1.54, 1.807) is 24.7 Å². The lowest BCUT2D eigenvalue weighted by Gasteiger charge is -2.36. The Bertz CT molecular complexity index is 772. The molecular weight excluding hydrogens is 316 g/mol. The minimum absolute atomic E-state index is 0.0709. The largest absolute Gasteiger partial charge is 0.384 e. The van der Waals surface area contributed by atoms with Crippen molar-refractivity contribution in [2.75, 3.05) is 25.4 Å².